The van der Waals surface area contributed by atoms with E-state index in [1.165, 1.54) is 22.6 Å². The maximum atomic E-state index is 5.64. The van der Waals surface area contributed by atoms with E-state index < -0.39 is 0 Å². The van der Waals surface area contributed by atoms with E-state index >= 15 is 0 Å². The van der Waals surface area contributed by atoms with E-state index in [0.29, 0.717) is 6.54 Å². The molecule has 21 heavy (non-hydrogen) atoms. The molecule has 0 radical (unpaired) electrons. The van der Waals surface area contributed by atoms with Gasteiger partial charge in [0, 0.05) is 24.6 Å². The lowest BCUT2D eigenvalue weighted by Crippen LogP contribution is -2.36. The van der Waals surface area contributed by atoms with Crippen LogP contribution in [0.15, 0.2) is 46.9 Å². The summed E-state index contributed by atoms with van der Waals surface area (Å²) in [6.45, 7) is 2.69. The molecule has 1 heterocycles. The molecule has 0 fully saturated rings. The van der Waals surface area contributed by atoms with Crippen molar-refractivity contribution in [3.8, 4) is 0 Å². The third-order valence-electron chi connectivity index (χ3n) is 3.98. The monoisotopic (exact) mass is 345 g/mol. The lowest BCUT2D eigenvalue weighted by atomic mass is 10.1. The van der Waals surface area contributed by atoms with Gasteiger partial charge in [-0.25, -0.2) is 0 Å². The zero-order valence-electron chi connectivity index (χ0n) is 12.2. The van der Waals surface area contributed by atoms with Crippen molar-refractivity contribution in [3.05, 3.63) is 52.5 Å². The Hall–Kier alpha value is -1.52. The Labute approximate surface area is 134 Å². The van der Waals surface area contributed by atoms with Gasteiger partial charge in [-0.15, -0.1) is 0 Å². The minimum Gasteiger partial charge on any atom is -0.371 e. The number of likely N-dealkylation sites (N-methyl/N-ethyl adjacent to an activating group) is 1. The van der Waals surface area contributed by atoms with Crippen LogP contribution in [-0.4, -0.2) is 26.7 Å². The molecule has 4 heteroatoms. The van der Waals surface area contributed by atoms with Crippen LogP contribution >= 0.6 is 15.9 Å². The van der Waals surface area contributed by atoms with Crippen LogP contribution in [0, 0.1) is 0 Å². The number of nitrogens with zero attached hydrogens (tertiary/aromatic N) is 2. The van der Waals surface area contributed by atoms with Crippen LogP contribution in [0.4, 0.5) is 17.1 Å². The Balaban J connectivity index is 2.00. The number of para-hydroxylation sites is 2. The molecule has 0 saturated carbocycles. The van der Waals surface area contributed by atoms with Crippen molar-refractivity contribution in [3.63, 3.8) is 0 Å². The molecule has 0 unspecified atom stereocenters. The summed E-state index contributed by atoms with van der Waals surface area (Å²) in [5.41, 5.74) is 10.7. The molecule has 2 N–H and O–H groups in total. The molecule has 1 aliphatic heterocycles. The van der Waals surface area contributed by atoms with Gasteiger partial charge in [-0.1, -0.05) is 18.2 Å². The number of fused-ring (bicyclic) bond motifs is 1. The molecular formula is C17H20BrN3. The van der Waals surface area contributed by atoms with Gasteiger partial charge in [-0.05, 0) is 58.7 Å². The molecule has 2 aromatic rings. The van der Waals surface area contributed by atoms with Crippen LogP contribution < -0.4 is 15.5 Å². The summed E-state index contributed by atoms with van der Waals surface area (Å²) in [5.74, 6) is 0. The van der Waals surface area contributed by atoms with E-state index in [1.807, 2.05) is 0 Å². The summed E-state index contributed by atoms with van der Waals surface area (Å²) in [4.78, 5) is 4.69. The predicted molar refractivity (Wildman–Crippen MR) is 93.6 cm³/mol. The number of benzene rings is 2. The Kier molecular flexibility index (Phi) is 4.17. The molecule has 0 aliphatic carbocycles. The van der Waals surface area contributed by atoms with Gasteiger partial charge in [-0.3, -0.25) is 0 Å². The zero-order chi connectivity index (χ0) is 14.8. The van der Waals surface area contributed by atoms with Crippen LogP contribution in [0.1, 0.15) is 5.56 Å². The highest BCUT2D eigenvalue weighted by molar-refractivity contribution is 9.10. The highest BCUT2D eigenvalue weighted by Gasteiger charge is 2.22. The average molecular weight is 346 g/mol. The zero-order valence-corrected chi connectivity index (χ0v) is 13.8. The van der Waals surface area contributed by atoms with Crippen molar-refractivity contribution in [1.82, 2.24) is 0 Å². The van der Waals surface area contributed by atoms with Gasteiger partial charge in [0.15, 0.2) is 0 Å². The molecule has 0 atom stereocenters. The highest BCUT2D eigenvalue weighted by atomic mass is 79.9. The minimum atomic E-state index is 0.684. The number of rotatable bonds is 3. The van der Waals surface area contributed by atoms with Crippen molar-refractivity contribution < 1.29 is 0 Å². The van der Waals surface area contributed by atoms with Gasteiger partial charge in [0.2, 0.25) is 0 Å². The molecule has 0 aromatic heterocycles. The van der Waals surface area contributed by atoms with Crippen molar-refractivity contribution in [2.24, 2.45) is 5.73 Å². The van der Waals surface area contributed by atoms with Gasteiger partial charge < -0.3 is 15.5 Å². The molecule has 0 saturated heterocycles. The molecule has 110 valence electrons. The second kappa shape index (κ2) is 6.08. The molecule has 0 bridgehead atoms. The van der Waals surface area contributed by atoms with Crippen LogP contribution in [0.2, 0.25) is 0 Å². The SMILES string of the molecule is CN1CCN(c2ccc(CCN)cc2Br)c2ccccc21. The van der Waals surface area contributed by atoms with Gasteiger partial charge in [-0.2, -0.15) is 0 Å². The van der Waals surface area contributed by atoms with Gasteiger partial charge in [0.1, 0.15) is 0 Å². The van der Waals surface area contributed by atoms with E-state index in [-0.39, 0.29) is 0 Å². The molecule has 3 nitrogen and oxygen atoms in total. The van der Waals surface area contributed by atoms with Crippen LogP contribution in [-0.2, 0) is 6.42 Å². The third-order valence-corrected chi connectivity index (χ3v) is 4.61. The second-order valence-electron chi connectivity index (χ2n) is 5.39. The number of nitrogens with two attached hydrogens (primary N) is 1. The van der Waals surface area contributed by atoms with Crippen LogP contribution in [0.3, 0.4) is 0 Å². The maximum Gasteiger partial charge on any atom is 0.0649 e. The molecule has 1 aliphatic rings. The summed E-state index contributed by atoms with van der Waals surface area (Å²) >= 11 is 3.72. The first-order valence-corrected chi connectivity index (χ1v) is 8.06. The van der Waals surface area contributed by atoms with E-state index in [0.717, 1.165) is 24.0 Å². The first-order chi connectivity index (χ1) is 10.2. The topological polar surface area (TPSA) is 32.5 Å². The number of anilines is 3. The average Bonchev–Trinajstić information content (AvgIpc) is 2.49. The Morgan fingerprint density at radius 3 is 2.52 bits per heavy atom. The summed E-state index contributed by atoms with van der Waals surface area (Å²) in [7, 11) is 2.15. The van der Waals surface area contributed by atoms with Gasteiger partial charge in [0.05, 0.1) is 17.1 Å². The predicted octanol–water partition coefficient (Wildman–Crippen LogP) is 3.54. The maximum absolute atomic E-state index is 5.64. The van der Waals surface area contributed by atoms with E-state index in [4.69, 9.17) is 5.73 Å². The van der Waals surface area contributed by atoms with Crippen molar-refractivity contribution in [1.29, 1.82) is 0 Å². The normalized spacial score (nSPS) is 14.2. The summed E-state index contributed by atoms with van der Waals surface area (Å²) in [6, 6.07) is 15.1. The largest absolute Gasteiger partial charge is 0.371 e. The van der Waals surface area contributed by atoms with Crippen molar-refractivity contribution in [2.75, 3.05) is 36.5 Å². The summed E-state index contributed by atoms with van der Waals surface area (Å²) in [6.07, 6.45) is 0.915. The lowest BCUT2D eigenvalue weighted by molar-refractivity contribution is 0.820. The first-order valence-electron chi connectivity index (χ1n) is 7.27. The molecule has 2 aromatic carbocycles. The quantitative estimate of drug-likeness (QED) is 0.923. The Morgan fingerprint density at radius 2 is 1.81 bits per heavy atom. The molecule has 3 rings (SSSR count). The fraction of sp³-hybridized carbons (Fsp3) is 0.294. The Bertz CT molecular complexity index is 642. The minimum absolute atomic E-state index is 0.684. The van der Waals surface area contributed by atoms with Crippen molar-refractivity contribution >= 4 is 33.0 Å². The fourth-order valence-electron chi connectivity index (χ4n) is 2.85. The smallest absolute Gasteiger partial charge is 0.0649 e. The number of hydrogen-bond donors (Lipinski definition) is 1. The third kappa shape index (κ3) is 2.78. The number of hydrogen-bond acceptors (Lipinski definition) is 3. The summed E-state index contributed by atoms with van der Waals surface area (Å²) in [5, 5.41) is 0. The molecule has 0 spiro atoms. The van der Waals surface area contributed by atoms with Crippen LogP contribution in [0.25, 0.3) is 0 Å². The number of halogens is 1. The summed E-state index contributed by atoms with van der Waals surface area (Å²) < 4.78 is 1.13. The van der Waals surface area contributed by atoms with Gasteiger partial charge in [0.25, 0.3) is 0 Å². The highest BCUT2D eigenvalue weighted by Crippen LogP contribution is 2.39. The van der Waals surface area contributed by atoms with E-state index in [1.54, 1.807) is 0 Å². The molecular weight excluding hydrogens is 326 g/mol. The van der Waals surface area contributed by atoms with Crippen LogP contribution in [0.5, 0.6) is 0 Å². The Morgan fingerprint density at radius 1 is 1.05 bits per heavy atom. The van der Waals surface area contributed by atoms with Crippen molar-refractivity contribution in [2.45, 2.75) is 6.42 Å². The lowest BCUT2D eigenvalue weighted by Gasteiger charge is -2.37. The second-order valence-corrected chi connectivity index (χ2v) is 6.24. The molecule has 0 amide bonds. The standard InChI is InChI=1S/C17H20BrN3/c1-20-10-11-21(17-5-3-2-4-16(17)20)15-7-6-13(8-9-19)12-14(15)18/h2-7,12H,8-11,19H2,1H3. The van der Waals surface area contributed by atoms with E-state index in [9.17, 15) is 0 Å². The van der Waals surface area contributed by atoms with E-state index in [2.05, 4.69) is 75.2 Å². The first kappa shape index (κ1) is 14.4. The van der Waals surface area contributed by atoms with Gasteiger partial charge >= 0.3 is 0 Å². The fourth-order valence-corrected chi connectivity index (χ4v) is 3.49.